The first-order valence-electron chi connectivity index (χ1n) is 6.14. The normalized spacial score (nSPS) is 21.1. The molecule has 0 atom stereocenters. The Morgan fingerprint density at radius 2 is 1.72 bits per heavy atom. The summed E-state index contributed by atoms with van der Waals surface area (Å²) in [5, 5.41) is 2.91. The standard InChI is InChI=1S/C12H20BN3O2/c1-8-9(7-15-10(14-6)16-8)13-17-11(2,3)12(4,5)18-13/h7H,1-6H3,(H,14,15,16). The molecule has 0 bridgehead atoms. The number of aromatic nitrogens is 2. The van der Waals surface area contributed by atoms with E-state index in [9.17, 15) is 0 Å². The quantitative estimate of drug-likeness (QED) is 0.796. The molecule has 1 aromatic rings. The van der Waals surface area contributed by atoms with E-state index in [1.165, 1.54) is 0 Å². The molecule has 1 fully saturated rings. The van der Waals surface area contributed by atoms with Gasteiger partial charge in [0.05, 0.1) is 11.2 Å². The zero-order valence-electron chi connectivity index (χ0n) is 11.9. The van der Waals surface area contributed by atoms with Crippen molar-refractivity contribution in [2.24, 2.45) is 0 Å². The van der Waals surface area contributed by atoms with Gasteiger partial charge in [-0.05, 0) is 34.6 Å². The first-order chi connectivity index (χ1) is 8.27. The van der Waals surface area contributed by atoms with Crippen LogP contribution < -0.4 is 10.8 Å². The van der Waals surface area contributed by atoms with Gasteiger partial charge in [0.2, 0.25) is 5.95 Å². The van der Waals surface area contributed by atoms with Crippen LogP contribution in [0.4, 0.5) is 5.95 Å². The minimum Gasteiger partial charge on any atom is -0.399 e. The van der Waals surface area contributed by atoms with E-state index in [1.807, 2.05) is 34.6 Å². The molecule has 1 aliphatic rings. The molecule has 2 rings (SSSR count). The van der Waals surface area contributed by atoms with Crippen LogP contribution in [0.1, 0.15) is 33.4 Å². The Morgan fingerprint density at radius 1 is 1.17 bits per heavy atom. The molecule has 2 heterocycles. The molecule has 0 spiro atoms. The predicted octanol–water partition coefficient (Wildman–Crippen LogP) is 1.13. The van der Waals surface area contributed by atoms with Gasteiger partial charge in [0.1, 0.15) is 0 Å². The van der Waals surface area contributed by atoms with E-state index in [-0.39, 0.29) is 11.2 Å². The number of anilines is 1. The Kier molecular flexibility index (Phi) is 3.11. The van der Waals surface area contributed by atoms with E-state index >= 15 is 0 Å². The Labute approximate surface area is 108 Å². The molecule has 5 nitrogen and oxygen atoms in total. The minimum atomic E-state index is -0.402. The maximum atomic E-state index is 5.98. The van der Waals surface area contributed by atoms with Gasteiger partial charge >= 0.3 is 7.12 Å². The first-order valence-corrected chi connectivity index (χ1v) is 6.14. The van der Waals surface area contributed by atoms with E-state index in [4.69, 9.17) is 9.31 Å². The molecule has 18 heavy (non-hydrogen) atoms. The number of hydrogen-bond donors (Lipinski definition) is 1. The summed E-state index contributed by atoms with van der Waals surface area (Å²) in [7, 11) is 1.39. The van der Waals surface area contributed by atoms with Gasteiger partial charge in [0, 0.05) is 24.4 Å². The van der Waals surface area contributed by atoms with Crippen LogP contribution in [0.2, 0.25) is 0 Å². The van der Waals surface area contributed by atoms with Gasteiger partial charge in [0.15, 0.2) is 0 Å². The Morgan fingerprint density at radius 3 is 2.17 bits per heavy atom. The summed E-state index contributed by atoms with van der Waals surface area (Å²) in [5.74, 6) is 0.604. The summed E-state index contributed by atoms with van der Waals surface area (Å²) in [5.41, 5.74) is 1.07. The molecule has 0 amide bonds. The molecular weight excluding hydrogens is 229 g/mol. The van der Waals surface area contributed by atoms with Gasteiger partial charge in [-0.3, -0.25) is 0 Å². The summed E-state index contributed by atoms with van der Waals surface area (Å²) in [6.45, 7) is 10.1. The highest BCUT2D eigenvalue weighted by atomic mass is 16.7. The van der Waals surface area contributed by atoms with Gasteiger partial charge in [-0.25, -0.2) is 9.97 Å². The van der Waals surface area contributed by atoms with E-state index in [2.05, 4.69) is 15.3 Å². The van der Waals surface area contributed by atoms with E-state index in [1.54, 1.807) is 13.2 Å². The van der Waals surface area contributed by atoms with E-state index in [0.717, 1.165) is 11.2 Å². The van der Waals surface area contributed by atoms with Crippen LogP contribution in [0.25, 0.3) is 0 Å². The zero-order valence-corrected chi connectivity index (χ0v) is 11.9. The average molecular weight is 249 g/mol. The van der Waals surface area contributed by atoms with Gasteiger partial charge in [-0.15, -0.1) is 0 Å². The molecule has 1 aliphatic heterocycles. The summed E-state index contributed by atoms with van der Waals surface area (Å²) in [6.07, 6.45) is 1.76. The molecule has 1 aromatic heterocycles. The monoisotopic (exact) mass is 249 g/mol. The second-order valence-electron chi connectivity index (χ2n) is 5.57. The fourth-order valence-corrected chi connectivity index (χ4v) is 1.80. The van der Waals surface area contributed by atoms with Gasteiger partial charge in [0.25, 0.3) is 0 Å². The molecule has 0 saturated carbocycles. The highest BCUT2D eigenvalue weighted by Crippen LogP contribution is 2.36. The van der Waals surface area contributed by atoms with Gasteiger partial charge < -0.3 is 14.6 Å². The SMILES string of the molecule is CNc1ncc(B2OC(C)(C)C(C)(C)O2)c(C)n1. The van der Waals surface area contributed by atoms with Crippen LogP contribution >= 0.6 is 0 Å². The molecule has 0 aliphatic carbocycles. The topological polar surface area (TPSA) is 56.3 Å². The average Bonchev–Trinajstić information content (AvgIpc) is 2.47. The lowest BCUT2D eigenvalue weighted by Crippen LogP contribution is -2.41. The molecule has 1 saturated heterocycles. The van der Waals surface area contributed by atoms with Crippen molar-refractivity contribution in [3.63, 3.8) is 0 Å². The van der Waals surface area contributed by atoms with Crippen molar-refractivity contribution in [2.45, 2.75) is 45.8 Å². The van der Waals surface area contributed by atoms with Crippen LogP contribution in [0.3, 0.4) is 0 Å². The second kappa shape index (κ2) is 4.21. The fraction of sp³-hybridized carbons (Fsp3) is 0.667. The van der Waals surface area contributed by atoms with Crippen molar-refractivity contribution >= 4 is 18.5 Å². The number of hydrogen-bond acceptors (Lipinski definition) is 5. The molecule has 6 heteroatoms. The third-order valence-corrected chi connectivity index (χ3v) is 3.75. The Balaban J connectivity index is 2.30. The zero-order chi connectivity index (χ0) is 13.6. The second-order valence-corrected chi connectivity index (χ2v) is 5.57. The number of nitrogens with one attached hydrogen (secondary N) is 1. The third-order valence-electron chi connectivity index (χ3n) is 3.75. The van der Waals surface area contributed by atoms with E-state index < -0.39 is 7.12 Å². The number of aryl methyl sites for hydroxylation is 1. The van der Waals surface area contributed by atoms with E-state index in [0.29, 0.717) is 5.95 Å². The number of nitrogens with zero attached hydrogens (tertiary/aromatic N) is 2. The van der Waals surface area contributed by atoms with Crippen molar-refractivity contribution in [3.05, 3.63) is 11.9 Å². The summed E-state index contributed by atoms with van der Waals surface area (Å²) >= 11 is 0. The van der Waals surface area contributed by atoms with Crippen LogP contribution in [0, 0.1) is 6.92 Å². The molecule has 1 N–H and O–H groups in total. The van der Waals surface area contributed by atoms with Crippen molar-refractivity contribution in [1.29, 1.82) is 0 Å². The molecule has 0 aromatic carbocycles. The first kappa shape index (κ1) is 13.3. The van der Waals surface area contributed by atoms with Gasteiger partial charge in [-0.1, -0.05) is 0 Å². The van der Waals surface area contributed by atoms with Crippen LogP contribution in [0.15, 0.2) is 6.20 Å². The lowest BCUT2D eigenvalue weighted by atomic mass is 9.79. The van der Waals surface area contributed by atoms with Crippen molar-refractivity contribution < 1.29 is 9.31 Å². The lowest BCUT2D eigenvalue weighted by Gasteiger charge is -2.32. The summed E-state index contributed by atoms with van der Waals surface area (Å²) < 4.78 is 12.0. The smallest absolute Gasteiger partial charge is 0.399 e. The molecular formula is C12H20BN3O2. The van der Waals surface area contributed by atoms with Gasteiger partial charge in [-0.2, -0.15) is 0 Å². The molecule has 0 radical (unpaired) electrons. The lowest BCUT2D eigenvalue weighted by molar-refractivity contribution is 0.00578. The van der Waals surface area contributed by atoms with Crippen molar-refractivity contribution in [3.8, 4) is 0 Å². The Bertz CT molecular complexity index is 447. The highest BCUT2D eigenvalue weighted by Gasteiger charge is 2.52. The maximum absolute atomic E-state index is 5.98. The highest BCUT2D eigenvalue weighted by molar-refractivity contribution is 6.62. The maximum Gasteiger partial charge on any atom is 0.498 e. The third kappa shape index (κ3) is 2.10. The molecule has 98 valence electrons. The number of rotatable bonds is 2. The minimum absolute atomic E-state index is 0.341. The predicted molar refractivity (Wildman–Crippen MR) is 72.0 cm³/mol. The summed E-state index contributed by atoms with van der Waals surface area (Å²) in [4.78, 5) is 8.57. The largest absolute Gasteiger partial charge is 0.498 e. The summed E-state index contributed by atoms with van der Waals surface area (Å²) in [6, 6.07) is 0. The molecule has 0 unspecified atom stereocenters. The Hall–Kier alpha value is -1.14. The van der Waals surface area contributed by atoms with Crippen LogP contribution in [-0.2, 0) is 9.31 Å². The van der Waals surface area contributed by atoms with Crippen molar-refractivity contribution in [1.82, 2.24) is 9.97 Å². The van der Waals surface area contributed by atoms with Crippen LogP contribution in [-0.4, -0.2) is 35.3 Å². The van der Waals surface area contributed by atoms with Crippen LogP contribution in [0.5, 0.6) is 0 Å². The fourth-order valence-electron chi connectivity index (χ4n) is 1.80. The van der Waals surface area contributed by atoms with Crippen molar-refractivity contribution in [2.75, 3.05) is 12.4 Å².